The second-order valence-corrected chi connectivity index (χ2v) is 4.84. The maximum absolute atomic E-state index is 12.4. The third-order valence-corrected chi connectivity index (χ3v) is 3.44. The number of rotatable bonds is 4. The highest BCUT2D eigenvalue weighted by Crippen LogP contribution is 2.23. The summed E-state index contributed by atoms with van der Waals surface area (Å²) in [6.07, 6.45) is 0. The van der Waals surface area contributed by atoms with Crippen LogP contribution in [0.4, 0.5) is 5.69 Å². The fourth-order valence-corrected chi connectivity index (χ4v) is 2.22. The molecule has 2 rings (SSSR count). The van der Waals surface area contributed by atoms with Gasteiger partial charge in [-0.1, -0.05) is 0 Å². The van der Waals surface area contributed by atoms with Crippen LogP contribution in [0.2, 0.25) is 0 Å². The second-order valence-electron chi connectivity index (χ2n) is 4.84. The van der Waals surface area contributed by atoms with Crippen LogP contribution in [0.15, 0.2) is 18.2 Å². The average Bonchev–Trinajstić information content (AvgIpc) is 2.72. The van der Waals surface area contributed by atoms with Crippen molar-refractivity contribution in [2.45, 2.75) is 13.8 Å². The van der Waals surface area contributed by atoms with E-state index in [1.165, 1.54) is 19.2 Å². The van der Waals surface area contributed by atoms with Gasteiger partial charge in [-0.25, -0.2) is 4.79 Å². The summed E-state index contributed by atoms with van der Waals surface area (Å²) in [6, 6.07) is 4.45. The number of hydrogen-bond acceptors (Lipinski definition) is 4. The lowest BCUT2D eigenvalue weighted by atomic mass is 10.1. The first-order chi connectivity index (χ1) is 10.3. The maximum Gasteiger partial charge on any atom is 0.337 e. The minimum Gasteiger partial charge on any atom is -0.497 e. The molecule has 2 aromatic rings. The van der Waals surface area contributed by atoms with Gasteiger partial charge in [0.2, 0.25) is 0 Å². The molecular formula is C15H17N3O4. The largest absolute Gasteiger partial charge is 0.497 e. The molecule has 2 N–H and O–H groups in total. The third-order valence-electron chi connectivity index (χ3n) is 3.44. The van der Waals surface area contributed by atoms with E-state index in [0.717, 1.165) is 0 Å². The Bertz CT molecular complexity index is 749. The van der Waals surface area contributed by atoms with Crippen LogP contribution in [0, 0.1) is 13.8 Å². The van der Waals surface area contributed by atoms with Gasteiger partial charge in [-0.3, -0.25) is 9.48 Å². The van der Waals surface area contributed by atoms with Gasteiger partial charge in [0.05, 0.1) is 29.6 Å². The summed E-state index contributed by atoms with van der Waals surface area (Å²) in [5.74, 6) is -1.13. The van der Waals surface area contributed by atoms with Gasteiger partial charge in [0.15, 0.2) is 0 Å². The number of carboxylic acid groups (broad SMARTS) is 1. The first kappa shape index (κ1) is 15.6. The van der Waals surface area contributed by atoms with Crippen molar-refractivity contribution < 1.29 is 19.4 Å². The Morgan fingerprint density at radius 2 is 2.00 bits per heavy atom. The molecule has 1 aromatic carbocycles. The highest BCUT2D eigenvalue weighted by molar-refractivity contribution is 6.09. The first-order valence-electron chi connectivity index (χ1n) is 6.58. The van der Waals surface area contributed by atoms with Gasteiger partial charge in [-0.15, -0.1) is 0 Å². The van der Waals surface area contributed by atoms with Gasteiger partial charge in [0, 0.05) is 12.7 Å². The molecule has 1 amide bonds. The minimum atomic E-state index is -1.14. The molecule has 1 heterocycles. The number of amides is 1. The van der Waals surface area contributed by atoms with E-state index in [0.29, 0.717) is 22.7 Å². The number of methoxy groups -OCH3 is 1. The van der Waals surface area contributed by atoms with Crippen LogP contribution in [0.5, 0.6) is 5.75 Å². The predicted molar refractivity (Wildman–Crippen MR) is 80.6 cm³/mol. The van der Waals surface area contributed by atoms with Crippen LogP contribution in [-0.4, -0.2) is 33.9 Å². The van der Waals surface area contributed by atoms with Gasteiger partial charge in [0.25, 0.3) is 5.91 Å². The second kappa shape index (κ2) is 5.88. The first-order valence-corrected chi connectivity index (χ1v) is 6.58. The smallest absolute Gasteiger partial charge is 0.337 e. The molecule has 22 heavy (non-hydrogen) atoms. The van der Waals surface area contributed by atoms with Crippen molar-refractivity contribution in [2.24, 2.45) is 7.05 Å². The van der Waals surface area contributed by atoms with E-state index in [2.05, 4.69) is 10.4 Å². The quantitative estimate of drug-likeness (QED) is 0.901. The summed E-state index contributed by atoms with van der Waals surface area (Å²) in [7, 11) is 3.19. The lowest BCUT2D eigenvalue weighted by molar-refractivity contribution is 0.0697. The van der Waals surface area contributed by atoms with Crippen LogP contribution >= 0.6 is 0 Å². The molecule has 0 radical (unpaired) electrons. The number of aromatic nitrogens is 2. The van der Waals surface area contributed by atoms with Crippen LogP contribution in [-0.2, 0) is 7.05 Å². The average molecular weight is 303 g/mol. The Morgan fingerprint density at radius 1 is 1.32 bits per heavy atom. The number of carbonyl (C=O) groups is 2. The number of nitrogens with zero attached hydrogens (tertiary/aromatic N) is 2. The lowest BCUT2D eigenvalue weighted by Crippen LogP contribution is -2.16. The van der Waals surface area contributed by atoms with Crippen molar-refractivity contribution in [3.63, 3.8) is 0 Å². The highest BCUT2D eigenvalue weighted by Gasteiger charge is 2.20. The number of ether oxygens (including phenoxy) is 1. The highest BCUT2D eigenvalue weighted by atomic mass is 16.5. The van der Waals surface area contributed by atoms with E-state index in [1.54, 1.807) is 31.6 Å². The summed E-state index contributed by atoms with van der Waals surface area (Å²) < 4.78 is 6.61. The minimum absolute atomic E-state index is 0.0353. The maximum atomic E-state index is 12.4. The summed E-state index contributed by atoms with van der Waals surface area (Å²) in [5.41, 5.74) is 1.91. The zero-order valence-corrected chi connectivity index (χ0v) is 12.8. The molecule has 0 aliphatic rings. The molecule has 7 nitrogen and oxygen atoms in total. The number of anilines is 1. The molecule has 0 saturated heterocycles. The predicted octanol–water partition coefficient (Wildman–Crippen LogP) is 2.00. The molecule has 0 fully saturated rings. The Labute approximate surface area is 127 Å². The Morgan fingerprint density at radius 3 is 2.50 bits per heavy atom. The fourth-order valence-electron chi connectivity index (χ4n) is 2.22. The van der Waals surface area contributed by atoms with Gasteiger partial charge in [-0.2, -0.15) is 5.10 Å². The van der Waals surface area contributed by atoms with Crippen molar-refractivity contribution in [1.29, 1.82) is 0 Å². The lowest BCUT2D eigenvalue weighted by Gasteiger charge is -2.10. The van der Waals surface area contributed by atoms with Crippen LogP contribution in [0.25, 0.3) is 0 Å². The van der Waals surface area contributed by atoms with Crippen molar-refractivity contribution >= 4 is 17.6 Å². The molecule has 0 saturated carbocycles. The molecule has 0 bridgehead atoms. The Hall–Kier alpha value is -2.83. The number of aryl methyl sites for hydroxylation is 2. The summed E-state index contributed by atoms with van der Waals surface area (Å²) in [4.78, 5) is 23.7. The summed E-state index contributed by atoms with van der Waals surface area (Å²) >= 11 is 0. The summed E-state index contributed by atoms with van der Waals surface area (Å²) in [5, 5.41) is 16.1. The molecular weight excluding hydrogens is 286 g/mol. The topological polar surface area (TPSA) is 93.5 Å². The SMILES string of the molecule is COc1ccc(NC(=O)c2c(C)nn(C)c2C)c(C(=O)O)c1. The zero-order chi connectivity index (χ0) is 16.4. The molecule has 0 aliphatic carbocycles. The molecule has 116 valence electrons. The third kappa shape index (κ3) is 2.78. The van der Waals surface area contributed by atoms with Gasteiger partial charge in [0.1, 0.15) is 5.75 Å². The van der Waals surface area contributed by atoms with Crippen LogP contribution < -0.4 is 10.1 Å². The van der Waals surface area contributed by atoms with E-state index in [4.69, 9.17) is 4.74 Å². The Balaban J connectivity index is 2.38. The Kier molecular flexibility index (Phi) is 4.16. The number of aromatic carboxylic acids is 1. The van der Waals surface area contributed by atoms with E-state index in [1.807, 2.05) is 0 Å². The van der Waals surface area contributed by atoms with E-state index in [9.17, 15) is 14.7 Å². The number of carbonyl (C=O) groups excluding carboxylic acids is 1. The summed E-state index contributed by atoms with van der Waals surface area (Å²) in [6.45, 7) is 3.51. The van der Waals surface area contributed by atoms with Crippen molar-refractivity contribution in [2.75, 3.05) is 12.4 Å². The standard InChI is InChI=1S/C15H17N3O4/c1-8-13(9(2)18(3)17-8)14(19)16-12-6-5-10(22-4)7-11(12)15(20)21/h5-7H,1-4H3,(H,16,19)(H,20,21). The van der Waals surface area contributed by atoms with Crippen LogP contribution in [0.1, 0.15) is 32.1 Å². The molecule has 1 aromatic heterocycles. The zero-order valence-electron chi connectivity index (χ0n) is 12.8. The normalized spacial score (nSPS) is 10.4. The number of benzene rings is 1. The molecule has 0 atom stereocenters. The van der Waals surface area contributed by atoms with Crippen molar-refractivity contribution in [3.05, 3.63) is 40.7 Å². The van der Waals surface area contributed by atoms with Gasteiger partial charge in [-0.05, 0) is 32.0 Å². The number of nitrogens with one attached hydrogen (secondary N) is 1. The van der Waals surface area contributed by atoms with Crippen molar-refractivity contribution in [3.8, 4) is 5.75 Å². The van der Waals surface area contributed by atoms with Crippen molar-refractivity contribution in [1.82, 2.24) is 9.78 Å². The molecule has 0 spiro atoms. The van der Waals surface area contributed by atoms with E-state index < -0.39 is 11.9 Å². The fraction of sp³-hybridized carbons (Fsp3) is 0.267. The molecule has 0 unspecified atom stereocenters. The number of carboxylic acids is 1. The van der Waals surface area contributed by atoms with Gasteiger partial charge < -0.3 is 15.2 Å². The monoisotopic (exact) mass is 303 g/mol. The number of hydrogen-bond donors (Lipinski definition) is 2. The molecule has 7 heteroatoms. The van der Waals surface area contributed by atoms with E-state index in [-0.39, 0.29) is 11.3 Å². The van der Waals surface area contributed by atoms with Gasteiger partial charge >= 0.3 is 5.97 Å². The van der Waals surface area contributed by atoms with E-state index >= 15 is 0 Å². The van der Waals surface area contributed by atoms with Crippen LogP contribution in [0.3, 0.4) is 0 Å². The molecule has 0 aliphatic heterocycles.